The van der Waals surface area contributed by atoms with Crippen LogP contribution in [0.15, 0.2) is 64.5 Å². The Kier molecular flexibility index (Phi) is 6.05. The molecule has 4 rings (SSSR count). The van der Waals surface area contributed by atoms with E-state index in [0.717, 1.165) is 34.4 Å². The predicted octanol–water partition coefficient (Wildman–Crippen LogP) is 5.80. The molecule has 3 aromatic rings. The van der Waals surface area contributed by atoms with Gasteiger partial charge in [0.25, 0.3) is 11.8 Å². The van der Waals surface area contributed by atoms with Crippen LogP contribution in [-0.2, 0) is 4.79 Å². The summed E-state index contributed by atoms with van der Waals surface area (Å²) in [4.78, 5) is 29.2. The number of amides is 2. The normalized spacial score (nSPS) is 16.2. The van der Waals surface area contributed by atoms with Crippen LogP contribution in [0.2, 0.25) is 10.0 Å². The number of nitrogens with one attached hydrogen (secondary N) is 1. The maximum absolute atomic E-state index is 12.4. The lowest BCUT2D eigenvalue weighted by atomic mass is 10.2. The molecule has 1 aromatic heterocycles. The molecule has 0 bridgehead atoms. The van der Waals surface area contributed by atoms with Crippen molar-refractivity contribution in [2.45, 2.75) is 13.8 Å². The minimum atomic E-state index is -0.401. The Hall–Kier alpha value is -2.80. The van der Waals surface area contributed by atoms with Crippen LogP contribution in [0.3, 0.4) is 0 Å². The third-order valence-electron chi connectivity index (χ3n) is 4.79. The number of rotatable bonds is 3. The van der Waals surface area contributed by atoms with Crippen LogP contribution >= 0.6 is 35.0 Å². The molecule has 0 spiro atoms. The van der Waals surface area contributed by atoms with Gasteiger partial charge in [0, 0.05) is 22.6 Å². The van der Waals surface area contributed by atoms with Gasteiger partial charge in [0.05, 0.1) is 15.0 Å². The summed E-state index contributed by atoms with van der Waals surface area (Å²) in [6, 6.07) is 16.2. The molecule has 8 heteroatoms. The van der Waals surface area contributed by atoms with Crippen molar-refractivity contribution >= 4 is 58.0 Å². The van der Waals surface area contributed by atoms with Crippen LogP contribution in [0.1, 0.15) is 27.3 Å². The topological polar surface area (TPSA) is 63.5 Å². The van der Waals surface area contributed by atoms with E-state index >= 15 is 0 Å². The first-order chi connectivity index (χ1) is 14.8. The molecular formula is C23H17Cl2N3O2S. The van der Waals surface area contributed by atoms with Gasteiger partial charge >= 0.3 is 0 Å². The number of thioether (sulfide) groups is 1. The number of carbonyl (C=O) groups excluding carboxylic acids is 2. The Morgan fingerprint density at radius 2 is 1.81 bits per heavy atom. The molecule has 0 atom stereocenters. The van der Waals surface area contributed by atoms with Gasteiger partial charge in [-0.25, -0.2) is 0 Å². The van der Waals surface area contributed by atoms with Crippen molar-refractivity contribution in [1.29, 1.82) is 0 Å². The van der Waals surface area contributed by atoms with E-state index in [9.17, 15) is 9.59 Å². The summed E-state index contributed by atoms with van der Waals surface area (Å²) in [5.74, 6) is -0.689. The number of carbonyl (C=O) groups is 2. The first kappa shape index (κ1) is 21.4. The van der Waals surface area contributed by atoms with Gasteiger partial charge in [0.2, 0.25) is 0 Å². The number of aryl methyl sites for hydroxylation is 1. The highest BCUT2D eigenvalue weighted by Crippen LogP contribution is 2.31. The zero-order valence-corrected chi connectivity index (χ0v) is 19.0. The minimum absolute atomic E-state index is 0.267. The van der Waals surface area contributed by atoms with Gasteiger partial charge in [-0.15, -0.1) is 0 Å². The third-order valence-corrected chi connectivity index (χ3v) is 6.44. The molecule has 2 heterocycles. The Morgan fingerprint density at radius 3 is 2.52 bits per heavy atom. The summed E-state index contributed by atoms with van der Waals surface area (Å²) in [5, 5.41) is 3.89. The Bertz CT molecular complexity index is 1260. The van der Waals surface area contributed by atoms with Gasteiger partial charge in [-0.05, 0) is 73.6 Å². The smallest absolute Gasteiger partial charge is 0.279 e. The maximum atomic E-state index is 12.4. The molecule has 2 amide bonds. The molecule has 0 radical (unpaired) electrons. The van der Waals surface area contributed by atoms with Crippen LogP contribution in [-0.4, -0.2) is 21.5 Å². The molecule has 1 saturated heterocycles. The first-order valence-corrected chi connectivity index (χ1v) is 10.9. The number of hydrogen-bond acceptors (Lipinski definition) is 3. The van der Waals surface area contributed by atoms with Gasteiger partial charge in [-0.2, -0.15) is 4.99 Å². The zero-order valence-electron chi connectivity index (χ0n) is 16.6. The number of aliphatic imine (C=N–C) groups is 1. The van der Waals surface area contributed by atoms with Crippen LogP contribution in [0.4, 0.5) is 0 Å². The SMILES string of the molecule is Cc1cc(/C=C2\SC(=NC(=O)c3ccccc3)NC2=O)c(C)n1-c1ccc(Cl)c(Cl)c1. The first-order valence-electron chi connectivity index (χ1n) is 9.37. The summed E-state index contributed by atoms with van der Waals surface area (Å²) in [6.45, 7) is 3.94. The molecule has 31 heavy (non-hydrogen) atoms. The summed E-state index contributed by atoms with van der Waals surface area (Å²) in [7, 11) is 0. The highest BCUT2D eigenvalue weighted by atomic mass is 35.5. The van der Waals surface area contributed by atoms with E-state index in [0.29, 0.717) is 20.5 Å². The van der Waals surface area contributed by atoms with E-state index in [4.69, 9.17) is 23.2 Å². The predicted molar refractivity (Wildman–Crippen MR) is 127 cm³/mol. The van der Waals surface area contributed by atoms with Crippen molar-refractivity contribution in [2.75, 3.05) is 0 Å². The summed E-state index contributed by atoms with van der Waals surface area (Å²) in [6.07, 6.45) is 1.80. The van der Waals surface area contributed by atoms with Crippen molar-refractivity contribution in [1.82, 2.24) is 9.88 Å². The van der Waals surface area contributed by atoms with Crippen molar-refractivity contribution in [3.8, 4) is 5.69 Å². The zero-order chi connectivity index (χ0) is 22.1. The molecule has 1 N–H and O–H groups in total. The fraction of sp³-hybridized carbons (Fsp3) is 0.0870. The Balaban J connectivity index is 1.62. The lowest BCUT2D eigenvalue weighted by Crippen LogP contribution is -2.20. The van der Waals surface area contributed by atoms with Crippen molar-refractivity contribution in [3.05, 3.63) is 92.1 Å². The lowest BCUT2D eigenvalue weighted by Gasteiger charge is -2.10. The fourth-order valence-corrected chi connectivity index (χ4v) is 4.42. The van der Waals surface area contributed by atoms with E-state index in [-0.39, 0.29) is 11.1 Å². The van der Waals surface area contributed by atoms with Gasteiger partial charge in [0.15, 0.2) is 5.17 Å². The molecule has 0 aliphatic carbocycles. The highest BCUT2D eigenvalue weighted by molar-refractivity contribution is 8.18. The quantitative estimate of drug-likeness (QED) is 0.492. The minimum Gasteiger partial charge on any atom is -0.318 e. The second kappa shape index (κ2) is 8.75. The number of nitrogens with zero attached hydrogens (tertiary/aromatic N) is 2. The van der Waals surface area contributed by atoms with Crippen molar-refractivity contribution < 1.29 is 9.59 Å². The lowest BCUT2D eigenvalue weighted by molar-refractivity contribution is -0.115. The fourth-order valence-electron chi connectivity index (χ4n) is 3.31. The van der Waals surface area contributed by atoms with Crippen LogP contribution in [0, 0.1) is 13.8 Å². The average molecular weight is 470 g/mol. The molecule has 156 valence electrons. The molecule has 1 fully saturated rings. The average Bonchev–Trinajstić information content (AvgIpc) is 3.23. The summed E-state index contributed by atoms with van der Waals surface area (Å²) >= 11 is 13.4. The second-order valence-electron chi connectivity index (χ2n) is 6.91. The Morgan fingerprint density at radius 1 is 1.06 bits per heavy atom. The van der Waals surface area contributed by atoms with Gasteiger partial charge in [-0.1, -0.05) is 41.4 Å². The molecule has 5 nitrogen and oxygen atoms in total. The van der Waals surface area contributed by atoms with Crippen molar-refractivity contribution in [2.24, 2.45) is 4.99 Å². The van der Waals surface area contributed by atoms with E-state index in [2.05, 4.69) is 10.3 Å². The van der Waals surface area contributed by atoms with Crippen LogP contribution < -0.4 is 5.32 Å². The molecule has 1 aliphatic rings. The van der Waals surface area contributed by atoms with Gasteiger partial charge in [0.1, 0.15) is 0 Å². The molecule has 0 unspecified atom stereocenters. The van der Waals surface area contributed by atoms with Crippen LogP contribution in [0.5, 0.6) is 0 Å². The number of amidine groups is 1. The number of halogens is 2. The van der Waals surface area contributed by atoms with Crippen LogP contribution in [0.25, 0.3) is 11.8 Å². The second-order valence-corrected chi connectivity index (χ2v) is 8.76. The number of aromatic nitrogens is 1. The number of benzene rings is 2. The maximum Gasteiger partial charge on any atom is 0.279 e. The van der Waals surface area contributed by atoms with E-state index in [1.807, 2.05) is 36.6 Å². The van der Waals surface area contributed by atoms with E-state index in [1.54, 1.807) is 42.5 Å². The molecule has 1 aliphatic heterocycles. The monoisotopic (exact) mass is 469 g/mol. The third kappa shape index (κ3) is 4.46. The molecule has 0 saturated carbocycles. The van der Waals surface area contributed by atoms with Gasteiger partial charge < -0.3 is 9.88 Å². The van der Waals surface area contributed by atoms with E-state index < -0.39 is 5.91 Å². The summed E-state index contributed by atoms with van der Waals surface area (Å²) < 4.78 is 2.04. The summed E-state index contributed by atoms with van der Waals surface area (Å²) in [5.41, 5.74) is 4.17. The van der Waals surface area contributed by atoms with Gasteiger partial charge in [-0.3, -0.25) is 9.59 Å². The Labute approximate surface area is 193 Å². The number of hydrogen-bond donors (Lipinski definition) is 1. The van der Waals surface area contributed by atoms with Crippen molar-refractivity contribution in [3.63, 3.8) is 0 Å². The largest absolute Gasteiger partial charge is 0.318 e. The molecule has 2 aromatic carbocycles. The highest BCUT2D eigenvalue weighted by Gasteiger charge is 2.25. The van der Waals surface area contributed by atoms with E-state index in [1.165, 1.54) is 0 Å². The standard InChI is InChI=1S/C23H17Cl2N3O2S/c1-13-10-16(14(2)28(13)17-8-9-18(24)19(25)12-17)11-20-22(30)27-23(31-20)26-21(29)15-6-4-3-5-7-15/h3-12H,1-2H3,(H,26,27,29,30)/b20-11-. The molecular weight excluding hydrogens is 453 g/mol.